The van der Waals surface area contributed by atoms with Crippen LogP contribution in [0.3, 0.4) is 0 Å². The number of methoxy groups -OCH3 is 1. The monoisotopic (exact) mass is 358 g/mol. The van der Waals surface area contributed by atoms with E-state index in [2.05, 4.69) is 20.7 Å². The maximum Gasteiger partial charge on any atom is 0.307 e. The summed E-state index contributed by atoms with van der Waals surface area (Å²) in [5.41, 5.74) is 2.43. The smallest absolute Gasteiger partial charge is 0.307 e. The van der Waals surface area contributed by atoms with Gasteiger partial charge in [0.2, 0.25) is 0 Å². The van der Waals surface area contributed by atoms with E-state index in [-0.39, 0.29) is 12.3 Å². The molecular formula is C17H15ClN4O3. The number of H-pyrrole nitrogens is 1. The number of carbonyl (C=O) groups excluding carboxylic acids is 2. The molecule has 1 atom stereocenters. The van der Waals surface area contributed by atoms with Crippen molar-refractivity contribution in [1.29, 1.82) is 0 Å². The molecule has 2 N–H and O–H groups in total. The molecule has 8 heteroatoms. The van der Waals surface area contributed by atoms with Crippen molar-refractivity contribution in [2.24, 2.45) is 0 Å². The van der Waals surface area contributed by atoms with Crippen molar-refractivity contribution in [3.8, 4) is 0 Å². The van der Waals surface area contributed by atoms with Crippen LogP contribution in [0.15, 0.2) is 42.5 Å². The van der Waals surface area contributed by atoms with E-state index in [0.717, 1.165) is 5.56 Å². The number of nitrogens with zero attached hydrogens (tertiary/aromatic N) is 2. The first kappa shape index (κ1) is 16.9. The molecule has 25 heavy (non-hydrogen) atoms. The van der Waals surface area contributed by atoms with E-state index >= 15 is 0 Å². The van der Waals surface area contributed by atoms with Gasteiger partial charge in [0, 0.05) is 10.6 Å². The molecule has 2 aromatic carbocycles. The molecule has 3 aromatic rings. The van der Waals surface area contributed by atoms with Gasteiger partial charge in [-0.3, -0.25) is 9.59 Å². The fourth-order valence-electron chi connectivity index (χ4n) is 2.42. The van der Waals surface area contributed by atoms with Crippen molar-refractivity contribution >= 4 is 34.5 Å². The lowest BCUT2D eigenvalue weighted by molar-refractivity contribution is -0.141. The van der Waals surface area contributed by atoms with E-state index in [1.54, 1.807) is 42.5 Å². The highest BCUT2D eigenvalue weighted by atomic mass is 35.5. The highest BCUT2D eigenvalue weighted by Gasteiger charge is 2.20. The molecule has 0 aliphatic heterocycles. The Morgan fingerprint density at radius 3 is 2.60 bits per heavy atom. The lowest BCUT2D eigenvalue weighted by Gasteiger charge is -2.18. The lowest BCUT2D eigenvalue weighted by Crippen LogP contribution is -2.30. The van der Waals surface area contributed by atoms with Crippen molar-refractivity contribution < 1.29 is 14.3 Å². The second-order valence-electron chi connectivity index (χ2n) is 5.38. The first-order chi connectivity index (χ1) is 12.1. The van der Waals surface area contributed by atoms with Crippen LogP contribution in [0.5, 0.6) is 0 Å². The van der Waals surface area contributed by atoms with Gasteiger partial charge in [-0.15, -0.1) is 0 Å². The van der Waals surface area contributed by atoms with Crippen molar-refractivity contribution in [2.45, 2.75) is 12.5 Å². The Bertz CT molecular complexity index is 908. The summed E-state index contributed by atoms with van der Waals surface area (Å²) in [5, 5.41) is 13.8. The molecule has 0 bridgehead atoms. The Hall–Kier alpha value is -2.93. The molecule has 0 saturated carbocycles. The van der Waals surface area contributed by atoms with Crippen molar-refractivity contribution in [3.05, 3.63) is 58.6 Å². The number of ether oxygens (including phenoxy) is 1. The Kier molecular flexibility index (Phi) is 4.95. The number of carbonyl (C=O) groups is 2. The zero-order valence-corrected chi connectivity index (χ0v) is 14.1. The molecule has 0 aliphatic carbocycles. The largest absolute Gasteiger partial charge is 0.469 e. The number of amides is 1. The fourth-order valence-corrected chi connectivity index (χ4v) is 2.55. The molecule has 1 aromatic heterocycles. The first-order valence-electron chi connectivity index (χ1n) is 7.50. The quantitative estimate of drug-likeness (QED) is 0.683. The zero-order valence-electron chi connectivity index (χ0n) is 13.3. The van der Waals surface area contributed by atoms with Crippen LogP contribution in [-0.2, 0) is 9.53 Å². The maximum atomic E-state index is 12.6. The standard InChI is InChI=1S/C17H15ClN4O3/c1-25-16(23)9-14(10-2-5-12(18)6-3-10)19-17(24)11-4-7-13-15(8-11)21-22-20-13/h2-8,14H,9H2,1H3,(H,19,24)(H,20,21,22)/t14-/m0/s1. The molecular weight excluding hydrogens is 344 g/mol. The van der Waals surface area contributed by atoms with Crippen LogP contribution in [0.1, 0.15) is 28.4 Å². The highest BCUT2D eigenvalue weighted by Crippen LogP contribution is 2.21. The third kappa shape index (κ3) is 3.95. The van der Waals surface area contributed by atoms with Crippen molar-refractivity contribution in [3.63, 3.8) is 0 Å². The van der Waals surface area contributed by atoms with E-state index in [4.69, 9.17) is 16.3 Å². The van der Waals surface area contributed by atoms with Crippen LogP contribution >= 0.6 is 11.6 Å². The predicted octanol–water partition coefficient (Wildman–Crippen LogP) is 2.65. The van der Waals surface area contributed by atoms with E-state index in [1.165, 1.54) is 7.11 Å². The maximum absolute atomic E-state index is 12.6. The van der Waals surface area contributed by atoms with E-state index < -0.39 is 12.0 Å². The van der Waals surface area contributed by atoms with Crippen LogP contribution < -0.4 is 5.32 Å². The molecule has 0 saturated heterocycles. The van der Waals surface area contributed by atoms with Crippen LogP contribution in [0.4, 0.5) is 0 Å². The number of hydrogen-bond donors (Lipinski definition) is 2. The normalized spacial score (nSPS) is 11.9. The Balaban J connectivity index is 1.83. The molecule has 3 rings (SSSR count). The zero-order chi connectivity index (χ0) is 17.8. The second kappa shape index (κ2) is 7.31. The molecule has 1 heterocycles. The van der Waals surface area contributed by atoms with Crippen LogP contribution in [0.25, 0.3) is 11.0 Å². The first-order valence-corrected chi connectivity index (χ1v) is 7.88. The van der Waals surface area contributed by atoms with Crippen LogP contribution in [-0.4, -0.2) is 34.4 Å². The summed E-state index contributed by atoms with van der Waals surface area (Å²) in [5.74, 6) is -0.749. The van der Waals surface area contributed by atoms with E-state index in [1.807, 2.05) is 0 Å². The number of fused-ring (bicyclic) bond motifs is 1. The van der Waals surface area contributed by atoms with Crippen molar-refractivity contribution in [2.75, 3.05) is 7.11 Å². The number of halogens is 1. The molecule has 0 fully saturated rings. The number of rotatable bonds is 5. The molecule has 0 aliphatic rings. The van der Waals surface area contributed by atoms with Gasteiger partial charge < -0.3 is 10.1 Å². The number of esters is 1. The second-order valence-corrected chi connectivity index (χ2v) is 5.82. The predicted molar refractivity (Wildman–Crippen MR) is 92.2 cm³/mol. The van der Waals surface area contributed by atoms with E-state index in [0.29, 0.717) is 21.6 Å². The van der Waals surface area contributed by atoms with Gasteiger partial charge in [0.25, 0.3) is 5.91 Å². The van der Waals surface area contributed by atoms with Gasteiger partial charge in [-0.1, -0.05) is 23.7 Å². The molecule has 0 radical (unpaired) electrons. The Morgan fingerprint density at radius 1 is 1.16 bits per heavy atom. The van der Waals surface area contributed by atoms with Gasteiger partial charge in [0.1, 0.15) is 11.0 Å². The van der Waals surface area contributed by atoms with E-state index in [9.17, 15) is 9.59 Å². The van der Waals surface area contributed by atoms with Crippen LogP contribution in [0, 0.1) is 0 Å². The average molecular weight is 359 g/mol. The Morgan fingerprint density at radius 2 is 1.88 bits per heavy atom. The minimum atomic E-state index is -0.537. The van der Waals surface area contributed by atoms with Gasteiger partial charge in [0.15, 0.2) is 0 Å². The topological polar surface area (TPSA) is 97.0 Å². The van der Waals surface area contributed by atoms with Gasteiger partial charge in [-0.2, -0.15) is 15.4 Å². The summed E-state index contributed by atoms with van der Waals surface area (Å²) in [6, 6.07) is 11.4. The summed E-state index contributed by atoms with van der Waals surface area (Å²) in [7, 11) is 1.31. The number of nitrogens with one attached hydrogen (secondary N) is 2. The fraction of sp³-hybridized carbons (Fsp3) is 0.176. The van der Waals surface area contributed by atoms with Crippen LogP contribution in [0.2, 0.25) is 5.02 Å². The van der Waals surface area contributed by atoms with Gasteiger partial charge >= 0.3 is 5.97 Å². The van der Waals surface area contributed by atoms with Gasteiger partial charge in [-0.05, 0) is 35.9 Å². The number of benzene rings is 2. The summed E-state index contributed by atoms with van der Waals surface area (Å²) < 4.78 is 4.72. The van der Waals surface area contributed by atoms with Gasteiger partial charge in [0.05, 0.1) is 19.6 Å². The number of aromatic amines is 1. The number of hydrogen-bond acceptors (Lipinski definition) is 5. The highest BCUT2D eigenvalue weighted by molar-refractivity contribution is 6.30. The third-order valence-corrected chi connectivity index (χ3v) is 4.01. The summed E-state index contributed by atoms with van der Waals surface area (Å²) in [4.78, 5) is 24.3. The third-order valence-electron chi connectivity index (χ3n) is 3.75. The lowest BCUT2D eigenvalue weighted by atomic mass is 10.0. The Labute approximate surface area is 148 Å². The number of aromatic nitrogens is 3. The van der Waals surface area contributed by atoms with Gasteiger partial charge in [-0.25, -0.2) is 0 Å². The minimum absolute atomic E-state index is 0.01000. The summed E-state index contributed by atoms with van der Waals surface area (Å²) in [6.45, 7) is 0. The summed E-state index contributed by atoms with van der Waals surface area (Å²) in [6.07, 6.45) is 0.01000. The van der Waals surface area contributed by atoms with Crippen molar-refractivity contribution in [1.82, 2.24) is 20.7 Å². The molecule has 0 unspecified atom stereocenters. The minimum Gasteiger partial charge on any atom is -0.469 e. The molecule has 0 spiro atoms. The molecule has 1 amide bonds. The SMILES string of the molecule is COC(=O)C[C@H](NC(=O)c1ccc2n[nH]nc2c1)c1ccc(Cl)cc1. The average Bonchev–Trinajstić information content (AvgIpc) is 3.09. The summed E-state index contributed by atoms with van der Waals surface area (Å²) >= 11 is 5.90. The molecule has 128 valence electrons. The molecule has 7 nitrogen and oxygen atoms in total.